The highest BCUT2D eigenvalue weighted by Gasteiger charge is 2.14. The van der Waals surface area contributed by atoms with Crippen LogP contribution in [0, 0.1) is 5.92 Å². The highest BCUT2D eigenvalue weighted by Crippen LogP contribution is 2.18. The number of aromatic nitrogens is 2. The van der Waals surface area contributed by atoms with Gasteiger partial charge in [-0.15, -0.1) is 5.10 Å². The number of nitrogens with zero attached hydrogens (tertiary/aromatic N) is 2. The molecule has 0 fully saturated rings. The normalized spacial score (nSPS) is 13.8. The van der Waals surface area contributed by atoms with Gasteiger partial charge in [-0.2, -0.15) is 0 Å². The van der Waals surface area contributed by atoms with Crippen molar-refractivity contribution in [2.45, 2.75) is 26.3 Å². The third kappa shape index (κ3) is 2.46. The summed E-state index contributed by atoms with van der Waals surface area (Å²) < 4.78 is 4.96. The summed E-state index contributed by atoms with van der Waals surface area (Å²) in [5.74, 6) is 0.916. The van der Waals surface area contributed by atoms with Crippen molar-refractivity contribution in [2.24, 2.45) is 11.7 Å². The lowest BCUT2D eigenvalue weighted by atomic mass is 10.1. The van der Waals surface area contributed by atoms with Gasteiger partial charge in [-0.1, -0.05) is 18.9 Å². The summed E-state index contributed by atoms with van der Waals surface area (Å²) in [6.45, 7) is 4.16. The van der Waals surface area contributed by atoms with Gasteiger partial charge in [0, 0.05) is 0 Å². The van der Waals surface area contributed by atoms with Gasteiger partial charge >= 0.3 is 5.35 Å². The molecule has 12 heavy (non-hydrogen) atoms. The average Bonchev–Trinajstić information content (AvgIpc) is 2.34. The van der Waals surface area contributed by atoms with Crippen molar-refractivity contribution in [3.05, 3.63) is 11.2 Å². The highest BCUT2D eigenvalue weighted by atomic mass is 35.5. The molecule has 0 saturated heterocycles. The molecule has 0 saturated carbocycles. The fourth-order valence-electron chi connectivity index (χ4n) is 0.974. The predicted molar refractivity (Wildman–Crippen MR) is 45.7 cm³/mol. The van der Waals surface area contributed by atoms with E-state index in [-0.39, 0.29) is 11.4 Å². The Morgan fingerprint density at radius 3 is 2.58 bits per heavy atom. The molecule has 1 atom stereocenters. The third-order valence-corrected chi connectivity index (χ3v) is 1.61. The molecule has 0 unspecified atom stereocenters. The summed E-state index contributed by atoms with van der Waals surface area (Å²) in [6, 6.07) is -0.204. The van der Waals surface area contributed by atoms with E-state index in [0.717, 1.165) is 6.42 Å². The van der Waals surface area contributed by atoms with Gasteiger partial charge in [-0.05, 0) is 23.9 Å². The van der Waals surface area contributed by atoms with Crippen LogP contribution < -0.4 is 5.73 Å². The standard InChI is InChI=1S/C7H12ClN3O/c1-4(2)3-5(9)6-10-11-7(8)12-6/h4-5H,3,9H2,1-2H3/t5-/m1/s1. The number of hydrogen-bond donors (Lipinski definition) is 1. The molecule has 0 radical (unpaired) electrons. The Bertz CT molecular complexity index is 249. The van der Waals surface area contributed by atoms with Crippen molar-refractivity contribution in [1.82, 2.24) is 10.2 Å². The van der Waals surface area contributed by atoms with Crippen molar-refractivity contribution < 1.29 is 4.42 Å². The molecular formula is C7H12ClN3O. The lowest BCUT2D eigenvalue weighted by Crippen LogP contribution is -2.13. The highest BCUT2D eigenvalue weighted by molar-refractivity contribution is 6.27. The van der Waals surface area contributed by atoms with E-state index in [1.165, 1.54) is 0 Å². The topological polar surface area (TPSA) is 64.9 Å². The van der Waals surface area contributed by atoms with Crippen molar-refractivity contribution >= 4 is 11.6 Å². The molecule has 5 heteroatoms. The van der Waals surface area contributed by atoms with Gasteiger partial charge in [-0.3, -0.25) is 0 Å². The first-order chi connectivity index (χ1) is 5.59. The van der Waals surface area contributed by atoms with E-state index in [9.17, 15) is 0 Å². The van der Waals surface area contributed by atoms with Gasteiger partial charge in [0.05, 0.1) is 6.04 Å². The monoisotopic (exact) mass is 189 g/mol. The van der Waals surface area contributed by atoms with Crippen LogP contribution in [0.3, 0.4) is 0 Å². The molecule has 68 valence electrons. The Kier molecular flexibility index (Phi) is 3.05. The van der Waals surface area contributed by atoms with Crippen molar-refractivity contribution in [1.29, 1.82) is 0 Å². The lowest BCUT2D eigenvalue weighted by Gasteiger charge is -2.08. The Morgan fingerprint density at radius 1 is 1.50 bits per heavy atom. The first kappa shape index (κ1) is 9.48. The van der Waals surface area contributed by atoms with Crippen molar-refractivity contribution in [3.8, 4) is 0 Å². The van der Waals surface area contributed by atoms with E-state index >= 15 is 0 Å². The molecule has 4 nitrogen and oxygen atoms in total. The fourth-order valence-corrected chi connectivity index (χ4v) is 1.09. The van der Waals surface area contributed by atoms with E-state index in [4.69, 9.17) is 21.8 Å². The lowest BCUT2D eigenvalue weighted by molar-refractivity contribution is 0.403. The second-order valence-electron chi connectivity index (χ2n) is 3.13. The zero-order chi connectivity index (χ0) is 9.14. The molecule has 0 spiro atoms. The quantitative estimate of drug-likeness (QED) is 0.787. The molecule has 0 aromatic carbocycles. The first-order valence-electron chi connectivity index (χ1n) is 3.84. The molecule has 1 rings (SSSR count). The van der Waals surface area contributed by atoms with Crippen LogP contribution in [0.25, 0.3) is 0 Å². The Morgan fingerprint density at radius 2 is 2.17 bits per heavy atom. The summed E-state index contributed by atoms with van der Waals surface area (Å²) in [5.41, 5.74) is 5.75. The third-order valence-electron chi connectivity index (χ3n) is 1.46. The number of nitrogens with two attached hydrogens (primary N) is 1. The maximum atomic E-state index is 5.75. The maximum Gasteiger partial charge on any atom is 0.312 e. The molecule has 1 aromatic heterocycles. The number of halogens is 1. The summed E-state index contributed by atoms with van der Waals surface area (Å²) in [6.07, 6.45) is 0.818. The van der Waals surface area contributed by atoms with E-state index in [1.54, 1.807) is 0 Å². The van der Waals surface area contributed by atoms with Crippen molar-refractivity contribution in [3.63, 3.8) is 0 Å². The molecule has 0 aliphatic rings. The summed E-state index contributed by atoms with van der Waals surface area (Å²) >= 11 is 5.45. The predicted octanol–water partition coefficient (Wildman–Crippen LogP) is 1.77. The van der Waals surface area contributed by atoms with Gasteiger partial charge in [0.15, 0.2) is 0 Å². The van der Waals surface area contributed by atoms with Gasteiger partial charge in [0.2, 0.25) is 5.89 Å². The van der Waals surface area contributed by atoms with Gasteiger partial charge in [-0.25, -0.2) is 0 Å². The zero-order valence-corrected chi connectivity index (χ0v) is 7.88. The van der Waals surface area contributed by atoms with Crippen LogP contribution >= 0.6 is 11.6 Å². The molecule has 2 N–H and O–H groups in total. The SMILES string of the molecule is CC(C)C[C@@H](N)c1nnc(Cl)o1. The first-order valence-corrected chi connectivity index (χ1v) is 4.22. The van der Waals surface area contributed by atoms with Crippen LogP contribution in [0.5, 0.6) is 0 Å². The fraction of sp³-hybridized carbons (Fsp3) is 0.714. The van der Waals surface area contributed by atoms with Crippen LogP contribution in [0.4, 0.5) is 0 Å². The molecule has 1 heterocycles. The number of hydrogen-bond acceptors (Lipinski definition) is 4. The minimum absolute atomic E-state index is 0.0456. The Hall–Kier alpha value is -0.610. The molecular weight excluding hydrogens is 178 g/mol. The van der Waals surface area contributed by atoms with Gasteiger partial charge in [0.25, 0.3) is 0 Å². The van der Waals surface area contributed by atoms with E-state index in [2.05, 4.69) is 24.0 Å². The molecule has 0 aliphatic heterocycles. The summed E-state index contributed by atoms with van der Waals surface area (Å²) in [5, 5.41) is 7.25. The largest absolute Gasteiger partial charge is 0.410 e. The van der Waals surface area contributed by atoms with E-state index in [1.807, 2.05) is 0 Å². The second-order valence-corrected chi connectivity index (χ2v) is 3.45. The number of rotatable bonds is 3. The van der Waals surface area contributed by atoms with Crippen molar-refractivity contribution in [2.75, 3.05) is 0 Å². The average molecular weight is 190 g/mol. The van der Waals surface area contributed by atoms with Crippen LogP contribution in [-0.2, 0) is 0 Å². The minimum Gasteiger partial charge on any atom is -0.410 e. The van der Waals surface area contributed by atoms with Crippen LogP contribution in [0.1, 0.15) is 32.2 Å². The van der Waals surface area contributed by atoms with E-state index in [0.29, 0.717) is 11.8 Å². The maximum absolute atomic E-state index is 5.75. The molecule has 0 aliphatic carbocycles. The second kappa shape index (κ2) is 3.87. The van der Waals surface area contributed by atoms with Gasteiger partial charge < -0.3 is 10.2 Å². The smallest absolute Gasteiger partial charge is 0.312 e. The van der Waals surface area contributed by atoms with Crippen LogP contribution in [-0.4, -0.2) is 10.2 Å². The Labute approximate surface area is 76.1 Å². The van der Waals surface area contributed by atoms with E-state index < -0.39 is 0 Å². The minimum atomic E-state index is -0.204. The molecule has 0 bridgehead atoms. The van der Waals surface area contributed by atoms with Gasteiger partial charge in [0.1, 0.15) is 0 Å². The zero-order valence-electron chi connectivity index (χ0n) is 7.12. The molecule has 1 aromatic rings. The summed E-state index contributed by atoms with van der Waals surface area (Å²) in [7, 11) is 0. The summed E-state index contributed by atoms with van der Waals surface area (Å²) in [4.78, 5) is 0. The molecule has 0 amide bonds. The van der Waals surface area contributed by atoms with Crippen LogP contribution in [0.15, 0.2) is 4.42 Å². The van der Waals surface area contributed by atoms with Crippen LogP contribution in [0.2, 0.25) is 5.35 Å². The Balaban J connectivity index is 2.58.